The minimum Gasteiger partial charge on any atom is -0.330 e. The smallest absolute Gasteiger partial charge is 0.137 e. The molecule has 0 fully saturated rings. The van der Waals surface area contributed by atoms with E-state index < -0.39 is 0 Å². The van der Waals surface area contributed by atoms with Crippen LogP contribution in [0.25, 0.3) is 0 Å². The third kappa shape index (κ3) is 4.90. The van der Waals surface area contributed by atoms with Crippen molar-refractivity contribution in [2.45, 2.75) is 39.0 Å². The van der Waals surface area contributed by atoms with Crippen molar-refractivity contribution in [3.63, 3.8) is 0 Å². The van der Waals surface area contributed by atoms with E-state index in [4.69, 9.17) is 5.73 Å². The first-order chi connectivity index (χ1) is 7.76. The Kier molecular flexibility index (Phi) is 6.34. The van der Waals surface area contributed by atoms with Gasteiger partial charge in [0.2, 0.25) is 0 Å². The molecule has 1 unspecified atom stereocenters. The van der Waals surface area contributed by atoms with E-state index in [1.807, 2.05) is 11.4 Å². The van der Waals surface area contributed by atoms with Gasteiger partial charge in [-0.05, 0) is 47.7 Å². The highest BCUT2D eigenvalue weighted by molar-refractivity contribution is 7.07. The van der Waals surface area contributed by atoms with Crippen molar-refractivity contribution in [2.75, 3.05) is 6.54 Å². The van der Waals surface area contributed by atoms with Crippen LogP contribution in [0.5, 0.6) is 0 Å². The molecule has 0 aliphatic rings. The Balaban J connectivity index is 2.24. The fourth-order valence-electron chi connectivity index (χ4n) is 1.86. The van der Waals surface area contributed by atoms with Gasteiger partial charge in [-0.15, -0.1) is 0 Å². The molecular formula is C13H21NOS. The Morgan fingerprint density at radius 1 is 1.50 bits per heavy atom. The van der Waals surface area contributed by atoms with Crippen molar-refractivity contribution in [1.82, 2.24) is 0 Å². The summed E-state index contributed by atoms with van der Waals surface area (Å²) in [4.78, 5) is 11.7. The molecule has 0 saturated heterocycles. The molecule has 0 spiro atoms. The van der Waals surface area contributed by atoms with E-state index in [0.717, 1.165) is 31.4 Å². The van der Waals surface area contributed by atoms with Gasteiger partial charge in [-0.2, -0.15) is 11.3 Å². The van der Waals surface area contributed by atoms with Crippen LogP contribution in [0.3, 0.4) is 0 Å². The fraction of sp³-hybridized carbons (Fsp3) is 0.615. The monoisotopic (exact) mass is 239 g/mol. The maximum absolute atomic E-state index is 11.7. The van der Waals surface area contributed by atoms with Gasteiger partial charge < -0.3 is 5.73 Å². The second kappa shape index (κ2) is 7.58. The highest BCUT2D eigenvalue weighted by Gasteiger charge is 2.09. The van der Waals surface area contributed by atoms with Crippen LogP contribution in [0.4, 0.5) is 0 Å². The molecule has 1 atom stereocenters. The third-order valence-electron chi connectivity index (χ3n) is 2.97. The van der Waals surface area contributed by atoms with Crippen LogP contribution in [0.2, 0.25) is 0 Å². The number of carbonyl (C=O) groups is 1. The molecule has 3 heteroatoms. The van der Waals surface area contributed by atoms with Gasteiger partial charge in [-0.1, -0.05) is 13.3 Å². The summed E-state index contributed by atoms with van der Waals surface area (Å²) < 4.78 is 0. The summed E-state index contributed by atoms with van der Waals surface area (Å²) in [7, 11) is 0. The van der Waals surface area contributed by atoms with Crippen molar-refractivity contribution in [3.05, 3.63) is 22.4 Å². The molecule has 90 valence electrons. The summed E-state index contributed by atoms with van der Waals surface area (Å²) in [6.07, 6.45) is 4.47. The van der Waals surface area contributed by atoms with E-state index in [9.17, 15) is 4.79 Å². The van der Waals surface area contributed by atoms with Gasteiger partial charge in [0.1, 0.15) is 5.78 Å². The number of rotatable bonds is 8. The van der Waals surface area contributed by atoms with E-state index >= 15 is 0 Å². The molecule has 1 rings (SSSR count). The molecule has 0 aromatic carbocycles. The van der Waals surface area contributed by atoms with Crippen molar-refractivity contribution in [3.8, 4) is 0 Å². The van der Waals surface area contributed by atoms with Crippen LogP contribution >= 0.6 is 11.3 Å². The Labute approximate surface area is 102 Å². The zero-order chi connectivity index (χ0) is 11.8. The predicted octanol–water partition coefficient (Wildman–Crippen LogP) is 3.01. The molecule has 1 aromatic rings. The topological polar surface area (TPSA) is 43.1 Å². The average Bonchev–Trinajstić information content (AvgIpc) is 2.76. The van der Waals surface area contributed by atoms with Gasteiger partial charge in [0.25, 0.3) is 0 Å². The van der Waals surface area contributed by atoms with Crippen molar-refractivity contribution in [2.24, 2.45) is 11.7 Å². The first kappa shape index (κ1) is 13.4. The quantitative estimate of drug-likeness (QED) is 0.757. The lowest BCUT2D eigenvalue weighted by Crippen LogP contribution is -2.11. The summed E-state index contributed by atoms with van der Waals surface area (Å²) in [6.45, 7) is 2.90. The first-order valence-electron chi connectivity index (χ1n) is 5.99. The number of hydrogen-bond acceptors (Lipinski definition) is 3. The number of hydrogen-bond donors (Lipinski definition) is 1. The van der Waals surface area contributed by atoms with E-state index in [1.165, 1.54) is 0 Å². The molecule has 0 radical (unpaired) electrons. The summed E-state index contributed by atoms with van der Waals surface area (Å²) >= 11 is 1.65. The normalized spacial score (nSPS) is 12.6. The van der Waals surface area contributed by atoms with Crippen LogP contribution in [0.1, 0.15) is 38.2 Å². The molecule has 1 heterocycles. The predicted molar refractivity (Wildman–Crippen MR) is 69.7 cm³/mol. The van der Waals surface area contributed by atoms with Crippen LogP contribution in [0.15, 0.2) is 16.8 Å². The van der Waals surface area contributed by atoms with Crippen LogP contribution in [0, 0.1) is 5.92 Å². The maximum atomic E-state index is 11.7. The Morgan fingerprint density at radius 2 is 2.31 bits per heavy atom. The summed E-state index contributed by atoms with van der Waals surface area (Å²) in [5.41, 5.74) is 6.69. The summed E-state index contributed by atoms with van der Waals surface area (Å²) in [5.74, 6) is 0.977. The van der Waals surface area contributed by atoms with Crippen molar-refractivity contribution in [1.29, 1.82) is 0 Å². The molecule has 2 nitrogen and oxygen atoms in total. The van der Waals surface area contributed by atoms with E-state index in [2.05, 4.69) is 12.3 Å². The second-order valence-corrected chi connectivity index (χ2v) is 5.02. The molecule has 1 aromatic heterocycles. The van der Waals surface area contributed by atoms with Gasteiger partial charge >= 0.3 is 0 Å². The highest BCUT2D eigenvalue weighted by atomic mass is 32.1. The Morgan fingerprint density at radius 3 is 2.88 bits per heavy atom. The molecule has 2 N–H and O–H groups in total. The minimum atomic E-state index is 0.355. The number of ketones is 1. The lowest BCUT2D eigenvalue weighted by molar-refractivity contribution is -0.118. The molecular weight excluding hydrogens is 218 g/mol. The van der Waals surface area contributed by atoms with Gasteiger partial charge in [0, 0.05) is 12.8 Å². The molecule has 0 saturated carbocycles. The highest BCUT2D eigenvalue weighted by Crippen LogP contribution is 2.16. The SMILES string of the molecule is CCC(CCN)CCC(=O)Cc1ccsc1. The van der Waals surface area contributed by atoms with E-state index in [0.29, 0.717) is 24.5 Å². The summed E-state index contributed by atoms with van der Waals surface area (Å²) in [5, 5.41) is 4.07. The van der Waals surface area contributed by atoms with Crippen LogP contribution < -0.4 is 5.73 Å². The molecule has 16 heavy (non-hydrogen) atoms. The van der Waals surface area contributed by atoms with Crippen LogP contribution in [-0.4, -0.2) is 12.3 Å². The standard InChI is InChI=1S/C13H21NOS/c1-2-11(5-7-14)3-4-13(15)9-12-6-8-16-10-12/h6,8,10-11H,2-5,7,9,14H2,1H3. The molecule has 0 aliphatic carbocycles. The fourth-order valence-corrected chi connectivity index (χ4v) is 2.53. The Bertz CT molecular complexity index is 295. The number of Topliss-reactive ketones (excluding diaryl/α,β-unsaturated/α-hetero) is 1. The lowest BCUT2D eigenvalue weighted by atomic mass is 9.94. The molecule has 0 amide bonds. The zero-order valence-electron chi connectivity index (χ0n) is 9.95. The maximum Gasteiger partial charge on any atom is 0.137 e. The van der Waals surface area contributed by atoms with Crippen LogP contribution in [-0.2, 0) is 11.2 Å². The molecule has 0 aliphatic heterocycles. The van der Waals surface area contributed by atoms with E-state index in [-0.39, 0.29) is 0 Å². The van der Waals surface area contributed by atoms with Crippen molar-refractivity contribution < 1.29 is 4.79 Å². The zero-order valence-corrected chi connectivity index (χ0v) is 10.8. The number of carbonyl (C=O) groups excluding carboxylic acids is 1. The first-order valence-corrected chi connectivity index (χ1v) is 6.93. The second-order valence-electron chi connectivity index (χ2n) is 4.24. The van der Waals surface area contributed by atoms with Gasteiger partial charge in [0.15, 0.2) is 0 Å². The lowest BCUT2D eigenvalue weighted by Gasteiger charge is -2.12. The van der Waals surface area contributed by atoms with Gasteiger partial charge in [-0.3, -0.25) is 4.79 Å². The van der Waals surface area contributed by atoms with Gasteiger partial charge in [0.05, 0.1) is 0 Å². The third-order valence-corrected chi connectivity index (χ3v) is 3.70. The number of thiophene rings is 1. The Hall–Kier alpha value is -0.670. The van der Waals surface area contributed by atoms with Gasteiger partial charge in [-0.25, -0.2) is 0 Å². The molecule has 0 bridgehead atoms. The van der Waals surface area contributed by atoms with Crippen molar-refractivity contribution >= 4 is 17.1 Å². The largest absolute Gasteiger partial charge is 0.330 e. The average molecular weight is 239 g/mol. The summed E-state index contributed by atoms with van der Waals surface area (Å²) in [6, 6.07) is 2.03. The number of nitrogens with two attached hydrogens (primary N) is 1. The van der Waals surface area contributed by atoms with E-state index in [1.54, 1.807) is 11.3 Å². The minimum absolute atomic E-state index is 0.355.